The van der Waals surface area contributed by atoms with Gasteiger partial charge in [0, 0.05) is 16.1 Å². The molecule has 0 fully saturated rings. The minimum absolute atomic E-state index is 0.987. The van der Waals surface area contributed by atoms with Crippen molar-refractivity contribution in [3.05, 3.63) is 47.1 Å². The van der Waals surface area contributed by atoms with Crippen LogP contribution in [0, 0.1) is 0 Å². The van der Waals surface area contributed by atoms with E-state index in [1.807, 2.05) is 30.3 Å². The number of para-hydroxylation sites is 1. The zero-order chi connectivity index (χ0) is 9.26. The first-order chi connectivity index (χ1) is 6.33. The molecule has 2 aromatic rings. The summed E-state index contributed by atoms with van der Waals surface area (Å²) in [5.74, 6) is 0. The van der Waals surface area contributed by atoms with Gasteiger partial charge in [-0.15, -0.1) is 0 Å². The third-order valence-corrected chi connectivity index (χ3v) is 2.60. The largest absolute Gasteiger partial charge is 0.255 e. The van der Waals surface area contributed by atoms with Gasteiger partial charge in [-0.05, 0) is 27.6 Å². The van der Waals surface area contributed by atoms with Gasteiger partial charge in [-0.25, -0.2) is 0 Å². The molecule has 0 atom stereocenters. The fourth-order valence-corrected chi connectivity index (χ4v) is 1.82. The van der Waals surface area contributed by atoms with Gasteiger partial charge >= 0.3 is 0 Å². The highest BCUT2D eigenvalue weighted by atomic mass is 79.9. The van der Waals surface area contributed by atoms with Crippen LogP contribution in [0.15, 0.2) is 41.5 Å². The molecule has 0 radical (unpaired) electrons. The quantitative estimate of drug-likeness (QED) is 0.733. The summed E-state index contributed by atoms with van der Waals surface area (Å²) < 4.78 is 0.987. The Bertz CT molecular complexity index is 463. The molecule has 1 aromatic carbocycles. The second-order valence-corrected chi connectivity index (χ2v) is 3.60. The van der Waals surface area contributed by atoms with Crippen LogP contribution in [-0.2, 0) is 0 Å². The van der Waals surface area contributed by atoms with Crippen molar-refractivity contribution in [2.45, 2.75) is 0 Å². The Hall–Kier alpha value is -1.15. The summed E-state index contributed by atoms with van der Waals surface area (Å²) >= 11 is 3.44. The van der Waals surface area contributed by atoms with Crippen molar-refractivity contribution >= 4 is 32.9 Å². The van der Waals surface area contributed by atoms with E-state index < -0.39 is 0 Å². The number of rotatable bonds is 1. The van der Waals surface area contributed by atoms with Gasteiger partial charge in [-0.3, -0.25) is 4.98 Å². The Labute approximate surface area is 85.2 Å². The van der Waals surface area contributed by atoms with Crippen LogP contribution in [0.5, 0.6) is 0 Å². The standard InChI is InChI=1S/C11H8BrN/c1-2-8-9-5-3-4-6-11(9)13-7-10(8)12/h2-7H,1H2. The predicted octanol–water partition coefficient (Wildman–Crippen LogP) is 3.64. The number of nitrogens with zero attached hydrogens (tertiary/aromatic N) is 1. The Morgan fingerprint density at radius 3 is 2.85 bits per heavy atom. The molecular weight excluding hydrogens is 226 g/mol. The zero-order valence-corrected chi connectivity index (χ0v) is 8.58. The molecule has 1 heterocycles. The first-order valence-electron chi connectivity index (χ1n) is 3.98. The van der Waals surface area contributed by atoms with E-state index in [0.717, 1.165) is 20.9 Å². The molecule has 0 unspecified atom stereocenters. The average molecular weight is 234 g/mol. The van der Waals surface area contributed by atoms with E-state index >= 15 is 0 Å². The number of halogens is 1. The molecule has 0 bridgehead atoms. The van der Waals surface area contributed by atoms with Crippen molar-refractivity contribution in [3.8, 4) is 0 Å². The fraction of sp³-hybridized carbons (Fsp3) is 0. The smallest absolute Gasteiger partial charge is 0.0708 e. The van der Waals surface area contributed by atoms with Crippen molar-refractivity contribution in [3.63, 3.8) is 0 Å². The van der Waals surface area contributed by atoms with Gasteiger partial charge in [-0.2, -0.15) is 0 Å². The van der Waals surface area contributed by atoms with Crippen molar-refractivity contribution in [2.24, 2.45) is 0 Å². The molecule has 2 heteroatoms. The number of aromatic nitrogens is 1. The maximum absolute atomic E-state index is 4.29. The van der Waals surface area contributed by atoms with Gasteiger partial charge in [0.05, 0.1) is 5.52 Å². The summed E-state index contributed by atoms with van der Waals surface area (Å²) in [6, 6.07) is 8.03. The first-order valence-corrected chi connectivity index (χ1v) is 4.78. The van der Waals surface area contributed by atoms with E-state index in [-0.39, 0.29) is 0 Å². The van der Waals surface area contributed by atoms with Crippen molar-refractivity contribution in [1.29, 1.82) is 0 Å². The topological polar surface area (TPSA) is 12.9 Å². The molecule has 2 rings (SSSR count). The number of hydrogen-bond acceptors (Lipinski definition) is 1. The SMILES string of the molecule is C=Cc1c(Br)cnc2ccccc12. The van der Waals surface area contributed by atoms with Gasteiger partial charge in [0.15, 0.2) is 0 Å². The third-order valence-electron chi connectivity index (χ3n) is 1.97. The van der Waals surface area contributed by atoms with Crippen LogP contribution in [-0.4, -0.2) is 4.98 Å². The molecule has 0 amide bonds. The van der Waals surface area contributed by atoms with Gasteiger partial charge in [0.2, 0.25) is 0 Å². The average Bonchev–Trinajstić information content (AvgIpc) is 2.18. The van der Waals surface area contributed by atoms with E-state index in [1.54, 1.807) is 6.20 Å². The highest BCUT2D eigenvalue weighted by molar-refractivity contribution is 9.10. The van der Waals surface area contributed by atoms with Gasteiger partial charge in [0.1, 0.15) is 0 Å². The summed E-state index contributed by atoms with van der Waals surface area (Å²) in [6.07, 6.45) is 3.65. The van der Waals surface area contributed by atoms with E-state index in [1.165, 1.54) is 0 Å². The van der Waals surface area contributed by atoms with Crippen molar-refractivity contribution in [2.75, 3.05) is 0 Å². The van der Waals surface area contributed by atoms with Crippen molar-refractivity contribution in [1.82, 2.24) is 4.98 Å². The van der Waals surface area contributed by atoms with Gasteiger partial charge in [0.25, 0.3) is 0 Å². The van der Waals surface area contributed by atoms with Crippen LogP contribution in [0.25, 0.3) is 17.0 Å². The predicted molar refractivity (Wildman–Crippen MR) is 59.5 cm³/mol. The van der Waals surface area contributed by atoms with Crippen LogP contribution in [0.1, 0.15) is 5.56 Å². The lowest BCUT2D eigenvalue weighted by molar-refractivity contribution is 1.38. The van der Waals surface area contributed by atoms with E-state index in [2.05, 4.69) is 27.5 Å². The lowest BCUT2D eigenvalue weighted by Crippen LogP contribution is -1.83. The zero-order valence-electron chi connectivity index (χ0n) is 7.00. The third kappa shape index (κ3) is 1.38. The van der Waals surface area contributed by atoms with Crippen LogP contribution < -0.4 is 0 Å². The minimum Gasteiger partial charge on any atom is -0.255 e. The molecule has 64 valence electrons. The molecule has 0 aliphatic carbocycles. The fourth-order valence-electron chi connectivity index (χ4n) is 1.35. The maximum Gasteiger partial charge on any atom is 0.0708 e. The molecule has 1 nitrogen and oxygen atoms in total. The molecule has 1 aromatic heterocycles. The lowest BCUT2D eigenvalue weighted by Gasteiger charge is -2.02. The normalized spacial score (nSPS) is 10.2. The first kappa shape index (κ1) is 8.45. The Kier molecular flexibility index (Phi) is 2.15. The summed E-state index contributed by atoms with van der Waals surface area (Å²) in [4.78, 5) is 4.29. The molecular formula is C11H8BrN. The summed E-state index contributed by atoms with van der Waals surface area (Å²) in [6.45, 7) is 3.78. The van der Waals surface area contributed by atoms with Gasteiger partial charge < -0.3 is 0 Å². The second-order valence-electron chi connectivity index (χ2n) is 2.74. The molecule has 0 N–H and O–H groups in total. The van der Waals surface area contributed by atoms with E-state index in [4.69, 9.17) is 0 Å². The summed E-state index contributed by atoms with van der Waals surface area (Å²) in [5, 5.41) is 1.13. The maximum atomic E-state index is 4.29. The second kappa shape index (κ2) is 3.30. The minimum atomic E-state index is 0.987. The Balaban J connectivity index is 2.91. The van der Waals surface area contributed by atoms with E-state index in [0.29, 0.717) is 0 Å². The molecule has 0 spiro atoms. The lowest BCUT2D eigenvalue weighted by atomic mass is 10.1. The van der Waals surface area contributed by atoms with Crippen LogP contribution in [0.4, 0.5) is 0 Å². The van der Waals surface area contributed by atoms with Crippen LogP contribution in [0.2, 0.25) is 0 Å². The summed E-state index contributed by atoms with van der Waals surface area (Å²) in [5.41, 5.74) is 2.10. The van der Waals surface area contributed by atoms with E-state index in [9.17, 15) is 0 Å². The number of benzene rings is 1. The Morgan fingerprint density at radius 1 is 1.31 bits per heavy atom. The van der Waals surface area contributed by atoms with Crippen LogP contribution >= 0.6 is 15.9 Å². The number of pyridine rings is 1. The monoisotopic (exact) mass is 233 g/mol. The molecule has 0 saturated carbocycles. The Morgan fingerprint density at radius 2 is 2.08 bits per heavy atom. The molecule has 13 heavy (non-hydrogen) atoms. The van der Waals surface area contributed by atoms with Crippen molar-refractivity contribution < 1.29 is 0 Å². The van der Waals surface area contributed by atoms with Gasteiger partial charge in [-0.1, -0.05) is 30.9 Å². The molecule has 0 saturated heterocycles. The van der Waals surface area contributed by atoms with Crippen LogP contribution in [0.3, 0.4) is 0 Å². The number of fused-ring (bicyclic) bond motifs is 1. The number of hydrogen-bond donors (Lipinski definition) is 0. The molecule has 0 aliphatic rings. The highest BCUT2D eigenvalue weighted by Gasteiger charge is 2.01. The highest BCUT2D eigenvalue weighted by Crippen LogP contribution is 2.24. The molecule has 0 aliphatic heterocycles. The summed E-state index contributed by atoms with van der Waals surface area (Å²) in [7, 11) is 0.